The van der Waals surface area contributed by atoms with Crippen LogP contribution in [0.5, 0.6) is 0 Å². The summed E-state index contributed by atoms with van der Waals surface area (Å²) in [7, 11) is 0. The summed E-state index contributed by atoms with van der Waals surface area (Å²) in [6, 6.07) is 0. The molecule has 1 nitrogen and oxygen atoms in total. The number of ketones is 1. The van der Waals surface area contributed by atoms with Gasteiger partial charge in [-0.3, -0.25) is 4.79 Å². The molecule has 0 fully saturated rings. The zero-order chi connectivity index (χ0) is 11.6. The predicted molar refractivity (Wildman–Crippen MR) is 64.7 cm³/mol. The van der Waals surface area contributed by atoms with Gasteiger partial charge in [0.1, 0.15) is 0 Å². The standard InChI is InChI=1S/C14H22O/c1-10(2)6-7-13-11(3)8-12(15)9-14(13,4)5/h6,8,13H,7,9H2,1-5H3. The Labute approximate surface area is 93.3 Å². The summed E-state index contributed by atoms with van der Waals surface area (Å²) in [5.41, 5.74) is 2.71. The lowest BCUT2D eigenvalue weighted by Gasteiger charge is -2.37. The summed E-state index contributed by atoms with van der Waals surface area (Å²) in [6.45, 7) is 10.7. The van der Waals surface area contributed by atoms with E-state index in [1.165, 1.54) is 11.1 Å². The highest BCUT2D eigenvalue weighted by atomic mass is 16.1. The average Bonchev–Trinajstić information content (AvgIpc) is 1.98. The Kier molecular flexibility index (Phi) is 3.54. The van der Waals surface area contributed by atoms with Crippen LogP contribution in [0.15, 0.2) is 23.3 Å². The molecule has 1 aliphatic rings. The number of hydrogen-bond acceptors (Lipinski definition) is 1. The Morgan fingerprint density at radius 3 is 2.60 bits per heavy atom. The van der Waals surface area contributed by atoms with Crippen molar-refractivity contribution in [3.05, 3.63) is 23.3 Å². The van der Waals surface area contributed by atoms with Crippen molar-refractivity contribution < 1.29 is 4.79 Å². The highest BCUT2D eigenvalue weighted by Crippen LogP contribution is 2.41. The molecule has 1 rings (SSSR count). The Morgan fingerprint density at radius 2 is 2.13 bits per heavy atom. The molecular formula is C14H22O. The van der Waals surface area contributed by atoms with Crippen molar-refractivity contribution in [2.45, 2.75) is 47.5 Å². The van der Waals surface area contributed by atoms with Crippen molar-refractivity contribution in [3.8, 4) is 0 Å². The highest BCUT2D eigenvalue weighted by Gasteiger charge is 2.35. The smallest absolute Gasteiger partial charge is 0.156 e. The van der Waals surface area contributed by atoms with E-state index in [-0.39, 0.29) is 11.2 Å². The second-order valence-electron chi connectivity index (χ2n) is 5.59. The molecule has 0 aromatic heterocycles. The Morgan fingerprint density at radius 1 is 1.53 bits per heavy atom. The van der Waals surface area contributed by atoms with Gasteiger partial charge in [-0.1, -0.05) is 31.1 Å². The van der Waals surface area contributed by atoms with Gasteiger partial charge >= 0.3 is 0 Å². The maximum Gasteiger partial charge on any atom is 0.156 e. The zero-order valence-corrected chi connectivity index (χ0v) is 10.6. The van der Waals surface area contributed by atoms with E-state index in [1.54, 1.807) is 0 Å². The van der Waals surface area contributed by atoms with Crippen LogP contribution in [0.1, 0.15) is 47.5 Å². The summed E-state index contributed by atoms with van der Waals surface area (Å²) in [5, 5.41) is 0. The Bertz CT molecular complexity index is 314. The topological polar surface area (TPSA) is 17.1 Å². The number of carbonyl (C=O) groups excluding carboxylic acids is 1. The van der Waals surface area contributed by atoms with Crippen LogP contribution in [0.4, 0.5) is 0 Å². The number of carbonyl (C=O) groups is 1. The van der Waals surface area contributed by atoms with Crippen molar-refractivity contribution in [2.24, 2.45) is 11.3 Å². The van der Waals surface area contributed by atoms with E-state index >= 15 is 0 Å². The van der Waals surface area contributed by atoms with Crippen LogP contribution in [0.2, 0.25) is 0 Å². The fourth-order valence-corrected chi connectivity index (χ4v) is 2.45. The third-order valence-electron chi connectivity index (χ3n) is 3.27. The van der Waals surface area contributed by atoms with Gasteiger partial charge in [0.15, 0.2) is 5.78 Å². The molecule has 84 valence electrons. The van der Waals surface area contributed by atoms with E-state index in [0.29, 0.717) is 12.3 Å². The fourth-order valence-electron chi connectivity index (χ4n) is 2.45. The van der Waals surface area contributed by atoms with Gasteiger partial charge in [0.05, 0.1) is 0 Å². The molecule has 0 saturated carbocycles. The van der Waals surface area contributed by atoms with E-state index < -0.39 is 0 Å². The Balaban J connectivity index is 2.89. The number of rotatable bonds is 2. The average molecular weight is 206 g/mol. The molecule has 0 radical (unpaired) electrons. The molecule has 0 aromatic rings. The molecule has 0 aromatic carbocycles. The van der Waals surface area contributed by atoms with Crippen molar-refractivity contribution in [1.82, 2.24) is 0 Å². The molecule has 1 heteroatoms. The van der Waals surface area contributed by atoms with Crippen LogP contribution in [0.25, 0.3) is 0 Å². The van der Waals surface area contributed by atoms with E-state index in [0.717, 1.165) is 6.42 Å². The first-order chi connectivity index (χ1) is 6.83. The summed E-state index contributed by atoms with van der Waals surface area (Å²) in [6.07, 6.45) is 5.85. The van der Waals surface area contributed by atoms with Crippen LogP contribution < -0.4 is 0 Å². The van der Waals surface area contributed by atoms with Crippen LogP contribution in [0, 0.1) is 11.3 Å². The van der Waals surface area contributed by atoms with Gasteiger partial charge in [0.25, 0.3) is 0 Å². The first-order valence-electron chi connectivity index (χ1n) is 5.67. The summed E-state index contributed by atoms with van der Waals surface area (Å²) in [4.78, 5) is 11.5. The maximum absolute atomic E-state index is 11.5. The van der Waals surface area contributed by atoms with Crippen molar-refractivity contribution in [3.63, 3.8) is 0 Å². The molecule has 1 aliphatic carbocycles. The lowest BCUT2D eigenvalue weighted by molar-refractivity contribution is -0.117. The minimum Gasteiger partial charge on any atom is -0.295 e. The second kappa shape index (κ2) is 4.34. The largest absolute Gasteiger partial charge is 0.295 e. The Hall–Kier alpha value is -0.850. The molecule has 0 bridgehead atoms. The third kappa shape index (κ3) is 3.05. The number of hydrogen-bond donors (Lipinski definition) is 0. The molecule has 0 amide bonds. The quantitative estimate of drug-likeness (QED) is 0.626. The normalized spacial score (nSPS) is 24.7. The van der Waals surface area contributed by atoms with Crippen LogP contribution >= 0.6 is 0 Å². The van der Waals surface area contributed by atoms with Crippen molar-refractivity contribution in [1.29, 1.82) is 0 Å². The van der Waals surface area contributed by atoms with Gasteiger partial charge < -0.3 is 0 Å². The van der Waals surface area contributed by atoms with Gasteiger partial charge in [0.2, 0.25) is 0 Å². The van der Waals surface area contributed by atoms with Crippen LogP contribution in [-0.2, 0) is 4.79 Å². The minimum atomic E-state index is 0.113. The maximum atomic E-state index is 11.5. The highest BCUT2D eigenvalue weighted by molar-refractivity contribution is 5.91. The first-order valence-corrected chi connectivity index (χ1v) is 5.67. The predicted octanol–water partition coefficient (Wildman–Crippen LogP) is 3.90. The molecule has 0 heterocycles. The van der Waals surface area contributed by atoms with Gasteiger partial charge in [-0.15, -0.1) is 0 Å². The van der Waals surface area contributed by atoms with E-state index in [9.17, 15) is 4.79 Å². The van der Waals surface area contributed by atoms with Crippen LogP contribution in [0.3, 0.4) is 0 Å². The lowest BCUT2D eigenvalue weighted by Crippen LogP contribution is -2.31. The zero-order valence-electron chi connectivity index (χ0n) is 10.6. The summed E-state index contributed by atoms with van der Waals surface area (Å²) >= 11 is 0. The molecular weight excluding hydrogens is 184 g/mol. The third-order valence-corrected chi connectivity index (χ3v) is 3.27. The van der Waals surface area contributed by atoms with Gasteiger partial charge in [-0.05, 0) is 44.6 Å². The SMILES string of the molecule is CC(C)=CCC1C(C)=CC(=O)CC1(C)C. The van der Waals surface area contributed by atoms with Crippen molar-refractivity contribution >= 4 is 5.78 Å². The van der Waals surface area contributed by atoms with Gasteiger partial charge in [-0.25, -0.2) is 0 Å². The van der Waals surface area contributed by atoms with Crippen molar-refractivity contribution in [2.75, 3.05) is 0 Å². The second-order valence-corrected chi connectivity index (χ2v) is 5.59. The molecule has 0 spiro atoms. The van der Waals surface area contributed by atoms with E-state index in [4.69, 9.17) is 0 Å². The first kappa shape index (κ1) is 12.2. The minimum absolute atomic E-state index is 0.113. The molecule has 0 aliphatic heterocycles. The summed E-state index contributed by atoms with van der Waals surface area (Å²) < 4.78 is 0. The van der Waals surface area contributed by atoms with E-state index in [2.05, 4.69) is 40.7 Å². The fraction of sp³-hybridized carbons (Fsp3) is 0.643. The summed E-state index contributed by atoms with van der Waals surface area (Å²) in [5.74, 6) is 0.802. The molecule has 0 saturated heterocycles. The lowest BCUT2D eigenvalue weighted by atomic mass is 9.67. The molecule has 1 atom stereocenters. The van der Waals surface area contributed by atoms with Gasteiger partial charge in [0, 0.05) is 6.42 Å². The van der Waals surface area contributed by atoms with E-state index in [1.807, 2.05) is 6.08 Å². The molecule has 1 unspecified atom stereocenters. The molecule has 15 heavy (non-hydrogen) atoms. The number of allylic oxidation sites excluding steroid dienone is 4. The monoisotopic (exact) mass is 206 g/mol. The van der Waals surface area contributed by atoms with Crippen LogP contribution in [-0.4, -0.2) is 5.78 Å². The van der Waals surface area contributed by atoms with Gasteiger partial charge in [-0.2, -0.15) is 0 Å². The molecule has 0 N–H and O–H groups in total.